The van der Waals surface area contributed by atoms with E-state index in [1.165, 1.54) is 6.20 Å². The van der Waals surface area contributed by atoms with Gasteiger partial charge in [-0.3, -0.25) is 0 Å². The van der Waals surface area contributed by atoms with E-state index in [1.807, 2.05) is 6.92 Å². The quantitative estimate of drug-likeness (QED) is 0.459. The maximum absolute atomic E-state index is 11.8. The Morgan fingerprint density at radius 3 is 2.04 bits per heavy atom. The molecular formula is C20H30N4O2SSi. The fourth-order valence-electron chi connectivity index (χ4n) is 4.09. The van der Waals surface area contributed by atoms with Crippen molar-refractivity contribution >= 4 is 34.8 Å². The molecule has 152 valence electrons. The summed E-state index contributed by atoms with van der Waals surface area (Å²) in [7, 11) is -5.47. The summed E-state index contributed by atoms with van der Waals surface area (Å²) in [6.07, 6.45) is 2.56. The molecule has 0 atom stereocenters. The SMILES string of the molecule is Cc1c(N)nc2nc(S(C)(=O)=O)ncc2c1C#C[Si](C(C)C)(C(C)C)C(C)C. The van der Waals surface area contributed by atoms with Gasteiger partial charge in [0.2, 0.25) is 15.0 Å². The topological polar surface area (TPSA) is 98.8 Å². The molecule has 28 heavy (non-hydrogen) atoms. The fourth-order valence-corrected chi connectivity index (χ4v) is 9.79. The van der Waals surface area contributed by atoms with Crippen molar-refractivity contribution in [3.05, 3.63) is 17.3 Å². The number of nitrogen functional groups attached to an aromatic ring is 1. The summed E-state index contributed by atoms with van der Waals surface area (Å²) < 4.78 is 23.6. The zero-order valence-corrected chi connectivity index (χ0v) is 19.8. The van der Waals surface area contributed by atoms with Crippen LogP contribution in [0.3, 0.4) is 0 Å². The van der Waals surface area contributed by atoms with Gasteiger partial charge in [-0.15, -0.1) is 5.54 Å². The molecule has 0 aliphatic rings. The second kappa shape index (κ2) is 7.80. The van der Waals surface area contributed by atoms with Crippen molar-refractivity contribution in [2.75, 3.05) is 12.0 Å². The number of hydrogen-bond donors (Lipinski definition) is 1. The number of aromatic nitrogens is 3. The van der Waals surface area contributed by atoms with Crippen molar-refractivity contribution < 1.29 is 8.42 Å². The Balaban J connectivity index is 2.81. The van der Waals surface area contributed by atoms with Crippen LogP contribution in [0.4, 0.5) is 5.82 Å². The maximum atomic E-state index is 11.8. The fraction of sp³-hybridized carbons (Fsp3) is 0.550. The third kappa shape index (κ3) is 3.91. The zero-order chi connectivity index (χ0) is 21.4. The van der Waals surface area contributed by atoms with E-state index in [4.69, 9.17) is 5.73 Å². The predicted molar refractivity (Wildman–Crippen MR) is 118 cm³/mol. The summed E-state index contributed by atoms with van der Waals surface area (Å²) in [6, 6.07) is 0. The van der Waals surface area contributed by atoms with Crippen molar-refractivity contribution in [2.45, 2.75) is 70.2 Å². The standard InChI is InChI=1S/C20H30N4O2SSi/c1-12(2)28(13(3)4,14(5)6)10-9-16-15(7)18(21)23-19-17(16)11-22-20(24-19)27(8,25)26/h11-14H,1-8H3,(H2,21,22,23,24). The number of hydrogen-bond acceptors (Lipinski definition) is 6. The van der Waals surface area contributed by atoms with E-state index in [0.717, 1.165) is 17.4 Å². The highest BCUT2D eigenvalue weighted by molar-refractivity contribution is 7.90. The molecule has 2 aromatic heterocycles. The van der Waals surface area contributed by atoms with Crippen molar-refractivity contribution in [2.24, 2.45) is 0 Å². The molecule has 2 rings (SSSR count). The first-order valence-corrected chi connectivity index (χ1v) is 13.6. The number of rotatable bonds is 4. The van der Waals surface area contributed by atoms with Crippen LogP contribution in [0.2, 0.25) is 16.6 Å². The van der Waals surface area contributed by atoms with Crippen LogP contribution in [-0.4, -0.2) is 37.7 Å². The summed E-state index contributed by atoms with van der Waals surface area (Å²) in [5.41, 5.74) is 13.0. The Kier molecular flexibility index (Phi) is 6.21. The molecule has 0 aliphatic heterocycles. The molecule has 0 radical (unpaired) electrons. The Labute approximate surface area is 169 Å². The van der Waals surface area contributed by atoms with Gasteiger partial charge >= 0.3 is 0 Å². The number of anilines is 1. The van der Waals surface area contributed by atoms with Gasteiger partial charge in [0.1, 0.15) is 13.9 Å². The second-order valence-electron chi connectivity index (χ2n) is 8.31. The van der Waals surface area contributed by atoms with Gasteiger partial charge in [0.15, 0.2) is 5.65 Å². The summed E-state index contributed by atoms with van der Waals surface area (Å²) in [6.45, 7) is 15.4. The van der Waals surface area contributed by atoms with Crippen molar-refractivity contribution in [3.63, 3.8) is 0 Å². The second-order valence-corrected chi connectivity index (χ2v) is 15.8. The molecule has 8 heteroatoms. The van der Waals surface area contributed by atoms with Crippen LogP contribution in [-0.2, 0) is 9.84 Å². The van der Waals surface area contributed by atoms with Gasteiger partial charge in [-0.05, 0) is 23.5 Å². The molecule has 0 aromatic carbocycles. The number of sulfone groups is 1. The molecule has 2 heterocycles. The van der Waals surface area contributed by atoms with Crippen LogP contribution >= 0.6 is 0 Å². The van der Waals surface area contributed by atoms with Crippen LogP contribution in [0.5, 0.6) is 0 Å². The zero-order valence-electron chi connectivity index (χ0n) is 18.0. The molecule has 2 N–H and O–H groups in total. The molecule has 0 amide bonds. The lowest BCUT2D eigenvalue weighted by Crippen LogP contribution is -2.43. The van der Waals surface area contributed by atoms with Gasteiger partial charge in [0.05, 0.1) is 5.39 Å². The number of nitrogens with two attached hydrogens (primary N) is 1. The smallest absolute Gasteiger partial charge is 0.248 e. The molecule has 0 aliphatic carbocycles. The highest BCUT2D eigenvalue weighted by Gasteiger charge is 2.41. The number of fused-ring (bicyclic) bond motifs is 1. The first-order valence-electron chi connectivity index (χ1n) is 9.48. The Morgan fingerprint density at radius 2 is 1.57 bits per heavy atom. The monoisotopic (exact) mass is 418 g/mol. The lowest BCUT2D eigenvalue weighted by molar-refractivity contribution is 0.593. The Hall–Kier alpha value is -1.98. The summed E-state index contributed by atoms with van der Waals surface area (Å²) >= 11 is 0. The van der Waals surface area contributed by atoms with Crippen LogP contribution in [0.1, 0.15) is 52.7 Å². The minimum atomic E-state index is -3.53. The highest BCUT2D eigenvalue weighted by Crippen LogP contribution is 2.41. The van der Waals surface area contributed by atoms with E-state index in [0.29, 0.717) is 27.8 Å². The van der Waals surface area contributed by atoms with Gasteiger partial charge in [0.25, 0.3) is 0 Å². The van der Waals surface area contributed by atoms with Gasteiger partial charge in [-0.2, -0.15) is 4.98 Å². The molecular weight excluding hydrogens is 388 g/mol. The normalized spacial score (nSPS) is 12.7. The third-order valence-corrected chi connectivity index (χ3v) is 12.8. The molecule has 0 fully saturated rings. The Morgan fingerprint density at radius 1 is 1.04 bits per heavy atom. The van der Waals surface area contributed by atoms with Crippen molar-refractivity contribution in [1.29, 1.82) is 0 Å². The predicted octanol–water partition coefficient (Wildman–Crippen LogP) is 3.89. The van der Waals surface area contributed by atoms with E-state index in [-0.39, 0.29) is 10.8 Å². The maximum Gasteiger partial charge on any atom is 0.248 e. The lowest BCUT2D eigenvalue weighted by Gasteiger charge is -2.38. The van der Waals surface area contributed by atoms with Crippen molar-refractivity contribution in [1.82, 2.24) is 15.0 Å². The molecule has 0 unspecified atom stereocenters. The highest BCUT2D eigenvalue weighted by atomic mass is 32.2. The van der Waals surface area contributed by atoms with E-state index in [9.17, 15) is 8.42 Å². The molecule has 0 saturated carbocycles. The molecule has 0 bridgehead atoms. The average Bonchev–Trinajstić information content (AvgIpc) is 2.56. The first kappa shape index (κ1) is 22.3. The van der Waals surface area contributed by atoms with E-state index < -0.39 is 17.9 Å². The molecule has 0 saturated heterocycles. The minimum Gasteiger partial charge on any atom is -0.383 e. The number of nitrogens with zero attached hydrogens (tertiary/aromatic N) is 3. The molecule has 0 spiro atoms. The van der Waals surface area contributed by atoms with Gasteiger partial charge in [-0.25, -0.2) is 18.4 Å². The van der Waals surface area contributed by atoms with E-state index >= 15 is 0 Å². The summed E-state index contributed by atoms with van der Waals surface area (Å²) in [4.78, 5) is 12.4. The largest absolute Gasteiger partial charge is 0.383 e. The molecule has 2 aromatic rings. The molecule has 6 nitrogen and oxygen atoms in total. The van der Waals surface area contributed by atoms with E-state index in [2.05, 4.69) is 68.0 Å². The van der Waals surface area contributed by atoms with Crippen LogP contribution in [0.15, 0.2) is 11.4 Å². The van der Waals surface area contributed by atoms with Gasteiger partial charge in [0, 0.05) is 23.6 Å². The van der Waals surface area contributed by atoms with Crippen LogP contribution in [0.25, 0.3) is 11.0 Å². The summed E-state index contributed by atoms with van der Waals surface area (Å²) in [5.74, 6) is 3.71. The first-order chi connectivity index (χ1) is 12.8. The summed E-state index contributed by atoms with van der Waals surface area (Å²) in [5, 5.41) is 0.371. The number of pyridine rings is 1. The van der Waals surface area contributed by atoms with Crippen LogP contribution in [0, 0.1) is 18.4 Å². The third-order valence-electron chi connectivity index (χ3n) is 5.60. The lowest BCUT2D eigenvalue weighted by atomic mass is 10.1. The van der Waals surface area contributed by atoms with Gasteiger partial charge < -0.3 is 5.73 Å². The van der Waals surface area contributed by atoms with E-state index in [1.54, 1.807) is 0 Å². The Bertz CT molecular complexity index is 1050. The van der Waals surface area contributed by atoms with Crippen molar-refractivity contribution in [3.8, 4) is 11.5 Å². The van der Waals surface area contributed by atoms with Crippen LogP contribution < -0.4 is 5.73 Å². The average molecular weight is 419 g/mol. The minimum absolute atomic E-state index is 0.258. The van der Waals surface area contributed by atoms with Gasteiger partial charge in [-0.1, -0.05) is 47.5 Å².